The Morgan fingerprint density at radius 2 is 2.25 bits per heavy atom. The molecule has 3 rings (SSSR count). The summed E-state index contributed by atoms with van der Waals surface area (Å²) in [5.74, 6) is -0.377. The average molecular weight is 344 g/mol. The van der Waals surface area contributed by atoms with Gasteiger partial charge in [-0.3, -0.25) is 9.78 Å². The molecule has 0 saturated heterocycles. The van der Waals surface area contributed by atoms with Crippen molar-refractivity contribution in [2.45, 2.75) is 39.0 Å². The average Bonchev–Trinajstić information content (AvgIpc) is 2.95. The topological polar surface area (TPSA) is 68.3 Å². The van der Waals surface area contributed by atoms with Crippen LogP contribution in [0.2, 0.25) is 0 Å². The minimum atomic E-state index is -0.361. The molecule has 2 heterocycles. The number of hydrogen-bond donors (Lipinski definition) is 1. The zero-order chi connectivity index (χ0) is 17.1. The first-order chi connectivity index (χ1) is 11.6. The first kappa shape index (κ1) is 16.6. The monoisotopic (exact) mass is 344 g/mol. The van der Waals surface area contributed by atoms with Gasteiger partial charge in [0.15, 0.2) is 0 Å². The second-order valence-electron chi connectivity index (χ2n) is 5.83. The first-order valence-electron chi connectivity index (χ1n) is 8.16. The fourth-order valence-electron chi connectivity index (χ4n) is 3.07. The Balaban J connectivity index is 1.98. The highest BCUT2D eigenvalue weighted by atomic mass is 32.1. The second kappa shape index (κ2) is 7.13. The molecule has 24 heavy (non-hydrogen) atoms. The highest BCUT2D eigenvalue weighted by molar-refractivity contribution is 7.17. The summed E-state index contributed by atoms with van der Waals surface area (Å²) < 4.78 is 5.23. The third kappa shape index (κ3) is 3.19. The molecule has 0 spiro atoms. The van der Waals surface area contributed by atoms with Gasteiger partial charge in [-0.25, -0.2) is 4.79 Å². The molecule has 2 aromatic heterocycles. The zero-order valence-electron chi connectivity index (χ0n) is 13.8. The second-order valence-corrected chi connectivity index (χ2v) is 6.93. The van der Waals surface area contributed by atoms with E-state index in [0.29, 0.717) is 28.8 Å². The van der Waals surface area contributed by atoms with Crippen molar-refractivity contribution < 1.29 is 14.3 Å². The number of thiophene rings is 1. The van der Waals surface area contributed by atoms with Gasteiger partial charge in [0.2, 0.25) is 0 Å². The zero-order valence-corrected chi connectivity index (χ0v) is 14.6. The summed E-state index contributed by atoms with van der Waals surface area (Å²) in [6, 6.07) is 5.16. The maximum Gasteiger partial charge on any atom is 0.341 e. The molecule has 0 aromatic carbocycles. The standard InChI is InChI=1S/C18H20N2O3S/c1-3-23-18(22)15-14-11(2)7-6-9-13(14)24-17(15)20-16(21)12-8-4-5-10-19-12/h4-5,8,10-11H,3,6-7,9H2,1-2H3,(H,20,21). The van der Waals surface area contributed by atoms with E-state index >= 15 is 0 Å². The van der Waals surface area contributed by atoms with Gasteiger partial charge >= 0.3 is 5.97 Å². The molecular formula is C18H20N2O3S. The molecule has 0 saturated carbocycles. The Bertz CT molecular complexity index is 755. The lowest BCUT2D eigenvalue weighted by Crippen LogP contribution is -2.17. The predicted octanol–water partition coefficient (Wildman–Crippen LogP) is 4.01. The number of carbonyl (C=O) groups is 2. The largest absolute Gasteiger partial charge is 0.462 e. The van der Waals surface area contributed by atoms with Crippen molar-refractivity contribution in [3.8, 4) is 0 Å². The summed E-state index contributed by atoms with van der Waals surface area (Å²) in [5, 5.41) is 3.43. The lowest BCUT2D eigenvalue weighted by molar-refractivity contribution is 0.0526. The summed E-state index contributed by atoms with van der Waals surface area (Å²) in [4.78, 5) is 30.1. The summed E-state index contributed by atoms with van der Waals surface area (Å²) in [6.45, 7) is 4.22. The summed E-state index contributed by atoms with van der Waals surface area (Å²) in [6.07, 6.45) is 4.66. The summed E-state index contributed by atoms with van der Waals surface area (Å²) in [5.41, 5.74) is 1.89. The van der Waals surface area contributed by atoms with E-state index in [1.165, 1.54) is 16.2 Å². The van der Waals surface area contributed by atoms with Crippen molar-refractivity contribution in [1.82, 2.24) is 4.98 Å². The minimum Gasteiger partial charge on any atom is -0.462 e. The molecule has 1 unspecified atom stereocenters. The highest BCUT2D eigenvalue weighted by Gasteiger charge is 2.30. The third-order valence-electron chi connectivity index (χ3n) is 4.16. The van der Waals surface area contributed by atoms with E-state index in [1.54, 1.807) is 31.3 Å². The van der Waals surface area contributed by atoms with E-state index in [-0.39, 0.29) is 11.9 Å². The summed E-state index contributed by atoms with van der Waals surface area (Å²) >= 11 is 1.48. The normalized spacial score (nSPS) is 16.3. The number of esters is 1. The molecule has 1 atom stereocenters. The van der Waals surface area contributed by atoms with Crippen molar-refractivity contribution in [3.63, 3.8) is 0 Å². The van der Waals surface area contributed by atoms with Crippen LogP contribution in [0.4, 0.5) is 5.00 Å². The van der Waals surface area contributed by atoms with Gasteiger partial charge in [0.05, 0.1) is 12.2 Å². The van der Waals surface area contributed by atoms with Crippen molar-refractivity contribution in [2.24, 2.45) is 0 Å². The van der Waals surface area contributed by atoms with Crippen LogP contribution in [0.15, 0.2) is 24.4 Å². The number of rotatable bonds is 4. The summed E-state index contributed by atoms with van der Waals surface area (Å²) in [7, 11) is 0. The number of ether oxygens (including phenoxy) is 1. The highest BCUT2D eigenvalue weighted by Crippen LogP contribution is 2.43. The number of nitrogens with zero attached hydrogens (tertiary/aromatic N) is 1. The van der Waals surface area contributed by atoms with Crippen LogP contribution in [0.3, 0.4) is 0 Å². The van der Waals surface area contributed by atoms with Crippen LogP contribution in [0.25, 0.3) is 0 Å². The molecule has 126 valence electrons. The molecule has 0 aliphatic heterocycles. The van der Waals surface area contributed by atoms with Crippen molar-refractivity contribution >= 4 is 28.2 Å². The number of hydrogen-bond acceptors (Lipinski definition) is 5. The Kier molecular flexibility index (Phi) is 4.94. The molecule has 2 aromatic rings. The van der Waals surface area contributed by atoms with Crippen LogP contribution in [0.5, 0.6) is 0 Å². The lowest BCUT2D eigenvalue weighted by Gasteiger charge is -2.19. The van der Waals surface area contributed by atoms with Gasteiger partial charge in [0.1, 0.15) is 10.7 Å². The number of anilines is 1. The number of aromatic nitrogens is 1. The number of fused-ring (bicyclic) bond motifs is 1. The van der Waals surface area contributed by atoms with Gasteiger partial charge in [-0.2, -0.15) is 0 Å². The maximum absolute atomic E-state index is 12.5. The smallest absolute Gasteiger partial charge is 0.341 e. The Morgan fingerprint density at radius 1 is 1.42 bits per heavy atom. The number of aryl methyl sites for hydroxylation is 1. The predicted molar refractivity (Wildman–Crippen MR) is 93.8 cm³/mol. The van der Waals surface area contributed by atoms with Crippen LogP contribution in [0.1, 0.15) is 63.9 Å². The number of carbonyl (C=O) groups excluding carboxylic acids is 2. The van der Waals surface area contributed by atoms with Gasteiger partial charge in [0.25, 0.3) is 5.91 Å². The van der Waals surface area contributed by atoms with Crippen LogP contribution in [-0.2, 0) is 11.2 Å². The van der Waals surface area contributed by atoms with Gasteiger partial charge in [-0.1, -0.05) is 13.0 Å². The van der Waals surface area contributed by atoms with Gasteiger partial charge in [-0.15, -0.1) is 11.3 Å². The van der Waals surface area contributed by atoms with Crippen molar-refractivity contribution in [3.05, 3.63) is 46.1 Å². The fourth-order valence-corrected chi connectivity index (χ4v) is 4.41. The molecule has 6 heteroatoms. The lowest BCUT2D eigenvalue weighted by atomic mass is 9.86. The van der Waals surface area contributed by atoms with Crippen LogP contribution in [0, 0.1) is 0 Å². The van der Waals surface area contributed by atoms with Crippen molar-refractivity contribution in [2.75, 3.05) is 11.9 Å². The molecule has 0 bridgehead atoms. The van der Waals surface area contributed by atoms with Gasteiger partial charge < -0.3 is 10.1 Å². The minimum absolute atomic E-state index is 0.296. The number of amides is 1. The van der Waals surface area contributed by atoms with E-state index < -0.39 is 0 Å². The van der Waals surface area contributed by atoms with Gasteiger partial charge in [0, 0.05) is 11.1 Å². The van der Waals surface area contributed by atoms with E-state index in [2.05, 4.69) is 17.2 Å². The van der Waals surface area contributed by atoms with E-state index in [1.807, 2.05) is 0 Å². The molecular weight excluding hydrogens is 324 g/mol. The molecule has 1 amide bonds. The van der Waals surface area contributed by atoms with Crippen LogP contribution in [-0.4, -0.2) is 23.5 Å². The van der Waals surface area contributed by atoms with E-state index in [4.69, 9.17) is 4.74 Å². The maximum atomic E-state index is 12.5. The SMILES string of the molecule is CCOC(=O)c1c(NC(=O)c2ccccn2)sc2c1C(C)CCC2. The number of pyridine rings is 1. The fraction of sp³-hybridized carbons (Fsp3) is 0.389. The third-order valence-corrected chi connectivity index (χ3v) is 5.34. The van der Waals surface area contributed by atoms with Crippen LogP contribution < -0.4 is 5.32 Å². The molecule has 5 nitrogen and oxygen atoms in total. The molecule has 0 fully saturated rings. The van der Waals surface area contributed by atoms with Crippen molar-refractivity contribution in [1.29, 1.82) is 0 Å². The molecule has 1 aliphatic carbocycles. The van der Waals surface area contributed by atoms with Gasteiger partial charge in [-0.05, 0) is 49.8 Å². The Hall–Kier alpha value is -2.21. The Labute approximate surface area is 145 Å². The molecule has 1 N–H and O–H groups in total. The Morgan fingerprint density at radius 3 is 2.96 bits per heavy atom. The van der Waals surface area contributed by atoms with E-state index in [9.17, 15) is 9.59 Å². The number of nitrogens with one attached hydrogen (secondary N) is 1. The quantitative estimate of drug-likeness (QED) is 0.851. The van der Waals surface area contributed by atoms with Crippen LogP contribution >= 0.6 is 11.3 Å². The first-order valence-corrected chi connectivity index (χ1v) is 8.98. The molecule has 0 radical (unpaired) electrons. The van der Waals surface area contributed by atoms with E-state index in [0.717, 1.165) is 24.8 Å². The molecule has 1 aliphatic rings.